The first-order valence-electron chi connectivity index (χ1n) is 9.76. The molecular formula is C25H19NO6. The van der Waals surface area contributed by atoms with E-state index in [-0.39, 0.29) is 16.5 Å². The fourth-order valence-electron chi connectivity index (χ4n) is 3.60. The molecule has 0 aliphatic rings. The molecule has 2 aromatic carbocycles. The number of aromatic amines is 1. The predicted molar refractivity (Wildman–Crippen MR) is 120 cm³/mol. The number of carbonyl (C=O) groups excluding carboxylic acids is 2. The van der Waals surface area contributed by atoms with E-state index in [0.29, 0.717) is 17.0 Å². The number of para-hydroxylation sites is 1. The van der Waals surface area contributed by atoms with Crippen molar-refractivity contribution in [1.29, 1.82) is 0 Å². The number of H-pyrrole nitrogens is 1. The second-order valence-electron chi connectivity index (χ2n) is 7.08. The lowest BCUT2D eigenvalue weighted by atomic mass is 10.0. The molecule has 32 heavy (non-hydrogen) atoms. The normalized spacial score (nSPS) is 11.2. The number of hydrogen-bond acceptors (Lipinski definition) is 6. The zero-order valence-corrected chi connectivity index (χ0v) is 17.3. The van der Waals surface area contributed by atoms with E-state index in [2.05, 4.69) is 4.98 Å². The molecule has 160 valence electrons. The Morgan fingerprint density at radius 2 is 1.72 bits per heavy atom. The largest absolute Gasteiger partial charge is 0.506 e. The summed E-state index contributed by atoms with van der Waals surface area (Å²) in [6, 6.07) is 15.7. The third kappa shape index (κ3) is 3.60. The van der Waals surface area contributed by atoms with E-state index in [1.807, 2.05) is 30.3 Å². The van der Waals surface area contributed by atoms with Crippen LogP contribution in [-0.4, -0.2) is 29.0 Å². The Hall–Kier alpha value is -4.39. The summed E-state index contributed by atoms with van der Waals surface area (Å²) < 4.78 is 10.1. The van der Waals surface area contributed by atoms with Crippen molar-refractivity contribution in [2.75, 3.05) is 7.11 Å². The number of ether oxygens (including phenoxy) is 1. The molecule has 0 aliphatic carbocycles. The SMILES string of the molecule is COC(=O)c1c(C)[nH]c(-c2ccccc2)c1C=CC(=O)c1c(O)c2ccccc2oc1=O. The van der Waals surface area contributed by atoms with Crippen molar-refractivity contribution in [3.05, 3.63) is 93.5 Å². The van der Waals surface area contributed by atoms with Crippen LogP contribution >= 0.6 is 0 Å². The maximum atomic E-state index is 12.9. The molecule has 2 aromatic heterocycles. The fourth-order valence-corrected chi connectivity index (χ4v) is 3.60. The number of hydrogen-bond donors (Lipinski definition) is 2. The van der Waals surface area contributed by atoms with E-state index in [0.717, 1.165) is 11.6 Å². The molecule has 0 atom stereocenters. The Bertz CT molecular complexity index is 1430. The molecule has 0 radical (unpaired) electrons. The van der Waals surface area contributed by atoms with Crippen molar-refractivity contribution in [2.24, 2.45) is 0 Å². The van der Waals surface area contributed by atoms with Gasteiger partial charge in [-0.2, -0.15) is 0 Å². The molecule has 4 rings (SSSR count). The minimum Gasteiger partial charge on any atom is -0.506 e. The van der Waals surface area contributed by atoms with Crippen molar-refractivity contribution in [1.82, 2.24) is 4.98 Å². The highest BCUT2D eigenvalue weighted by Gasteiger charge is 2.23. The van der Waals surface area contributed by atoms with Crippen molar-refractivity contribution in [3.63, 3.8) is 0 Å². The Balaban J connectivity index is 1.83. The van der Waals surface area contributed by atoms with Gasteiger partial charge in [-0.3, -0.25) is 4.79 Å². The number of aromatic hydroxyl groups is 1. The number of nitrogens with one attached hydrogen (secondary N) is 1. The molecule has 7 nitrogen and oxygen atoms in total. The summed E-state index contributed by atoms with van der Waals surface area (Å²) in [7, 11) is 1.27. The number of benzene rings is 2. The summed E-state index contributed by atoms with van der Waals surface area (Å²) in [6.07, 6.45) is 2.55. The van der Waals surface area contributed by atoms with Gasteiger partial charge in [-0.15, -0.1) is 0 Å². The van der Waals surface area contributed by atoms with Crippen LogP contribution in [0, 0.1) is 6.92 Å². The molecular weight excluding hydrogens is 410 g/mol. The zero-order valence-electron chi connectivity index (χ0n) is 17.3. The Morgan fingerprint density at radius 3 is 2.44 bits per heavy atom. The number of rotatable bonds is 5. The van der Waals surface area contributed by atoms with Crippen LogP contribution < -0.4 is 5.63 Å². The molecule has 0 saturated carbocycles. The summed E-state index contributed by atoms with van der Waals surface area (Å²) in [4.78, 5) is 40.8. The standard InChI is InChI=1S/C25H19NO6/c1-14-20(24(29)31-2)17(22(26-14)15-8-4-3-5-9-15)12-13-18(27)21-23(28)16-10-6-7-11-19(16)32-25(21)30/h3-13,26,28H,1-2H3. The Labute approximate surface area is 182 Å². The smallest absolute Gasteiger partial charge is 0.351 e. The first-order chi connectivity index (χ1) is 15.4. The number of ketones is 1. The van der Waals surface area contributed by atoms with Gasteiger partial charge < -0.3 is 19.2 Å². The van der Waals surface area contributed by atoms with Gasteiger partial charge in [0.2, 0.25) is 0 Å². The lowest BCUT2D eigenvalue weighted by molar-refractivity contribution is 0.0599. The average molecular weight is 429 g/mol. The van der Waals surface area contributed by atoms with Gasteiger partial charge in [0, 0.05) is 11.3 Å². The zero-order chi connectivity index (χ0) is 22.8. The number of allylic oxidation sites excluding steroid dienone is 1. The van der Waals surface area contributed by atoms with Crippen LogP contribution in [0.4, 0.5) is 0 Å². The molecule has 0 amide bonds. The average Bonchev–Trinajstić information content (AvgIpc) is 3.13. The van der Waals surface area contributed by atoms with E-state index >= 15 is 0 Å². The summed E-state index contributed by atoms with van der Waals surface area (Å²) in [5.74, 6) is -1.77. The van der Waals surface area contributed by atoms with Crippen molar-refractivity contribution in [3.8, 4) is 17.0 Å². The quantitative estimate of drug-likeness (QED) is 0.209. The molecule has 0 saturated heterocycles. The van der Waals surface area contributed by atoms with Crippen LogP contribution in [0.1, 0.15) is 32.0 Å². The van der Waals surface area contributed by atoms with Gasteiger partial charge in [-0.05, 0) is 36.8 Å². The molecule has 2 heterocycles. The third-order valence-electron chi connectivity index (χ3n) is 5.11. The fraction of sp³-hybridized carbons (Fsp3) is 0.0800. The van der Waals surface area contributed by atoms with Crippen LogP contribution in [0.15, 0.2) is 69.9 Å². The maximum Gasteiger partial charge on any atom is 0.351 e. The summed E-state index contributed by atoms with van der Waals surface area (Å²) in [5.41, 5.74) is 1.43. The van der Waals surface area contributed by atoms with Gasteiger partial charge in [0.25, 0.3) is 0 Å². The van der Waals surface area contributed by atoms with Gasteiger partial charge >= 0.3 is 11.6 Å². The first kappa shape index (κ1) is 20.9. The highest BCUT2D eigenvalue weighted by Crippen LogP contribution is 2.31. The number of carbonyl (C=O) groups is 2. The van der Waals surface area contributed by atoms with Gasteiger partial charge in [-0.1, -0.05) is 42.5 Å². The van der Waals surface area contributed by atoms with Crippen molar-refractivity contribution in [2.45, 2.75) is 6.92 Å². The number of aryl methyl sites for hydroxylation is 1. The van der Waals surface area contributed by atoms with Gasteiger partial charge in [-0.25, -0.2) is 9.59 Å². The predicted octanol–water partition coefficient (Wildman–Crippen LogP) is 4.48. The monoisotopic (exact) mass is 429 g/mol. The van der Waals surface area contributed by atoms with Gasteiger partial charge in [0.05, 0.1) is 23.8 Å². The van der Waals surface area contributed by atoms with E-state index in [1.54, 1.807) is 25.1 Å². The lowest BCUT2D eigenvalue weighted by Gasteiger charge is -2.05. The van der Waals surface area contributed by atoms with Crippen LogP contribution in [0.2, 0.25) is 0 Å². The third-order valence-corrected chi connectivity index (χ3v) is 5.11. The molecule has 0 unspecified atom stereocenters. The van der Waals surface area contributed by atoms with Crippen LogP contribution in [0.25, 0.3) is 28.3 Å². The van der Waals surface area contributed by atoms with Crippen molar-refractivity contribution < 1.29 is 23.8 Å². The summed E-state index contributed by atoms with van der Waals surface area (Å²) >= 11 is 0. The highest BCUT2D eigenvalue weighted by atomic mass is 16.5. The first-order valence-corrected chi connectivity index (χ1v) is 9.76. The Kier molecular flexibility index (Phi) is 5.47. The van der Waals surface area contributed by atoms with Crippen LogP contribution in [0.3, 0.4) is 0 Å². The molecule has 0 fully saturated rings. The van der Waals surface area contributed by atoms with Gasteiger partial charge in [0.15, 0.2) is 5.78 Å². The summed E-state index contributed by atoms with van der Waals surface area (Å²) in [5, 5.41) is 10.8. The molecule has 0 aliphatic heterocycles. The topological polar surface area (TPSA) is 110 Å². The number of methoxy groups -OCH3 is 1. The molecule has 4 aromatic rings. The molecule has 2 N–H and O–H groups in total. The molecule has 0 spiro atoms. The van der Waals surface area contributed by atoms with E-state index in [9.17, 15) is 19.5 Å². The summed E-state index contributed by atoms with van der Waals surface area (Å²) in [6.45, 7) is 1.72. The lowest BCUT2D eigenvalue weighted by Crippen LogP contribution is -2.12. The van der Waals surface area contributed by atoms with Crippen LogP contribution in [0.5, 0.6) is 5.75 Å². The number of esters is 1. The van der Waals surface area contributed by atoms with Crippen LogP contribution in [-0.2, 0) is 4.74 Å². The number of aromatic nitrogens is 1. The molecule has 7 heteroatoms. The maximum absolute atomic E-state index is 12.9. The minimum atomic E-state index is -0.947. The van der Waals surface area contributed by atoms with Crippen molar-refractivity contribution >= 4 is 28.8 Å². The minimum absolute atomic E-state index is 0.177. The van der Waals surface area contributed by atoms with Gasteiger partial charge in [0.1, 0.15) is 16.9 Å². The highest BCUT2D eigenvalue weighted by molar-refractivity contribution is 6.11. The van der Waals surface area contributed by atoms with E-state index in [4.69, 9.17) is 9.15 Å². The number of fused-ring (bicyclic) bond motifs is 1. The van der Waals surface area contributed by atoms with E-state index < -0.39 is 28.7 Å². The van der Waals surface area contributed by atoms with E-state index in [1.165, 1.54) is 19.3 Å². The molecule has 0 bridgehead atoms. The second kappa shape index (κ2) is 8.39. The second-order valence-corrected chi connectivity index (χ2v) is 7.08. The Morgan fingerprint density at radius 1 is 1.03 bits per heavy atom.